The Balaban J connectivity index is 1.15. The van der Waals surface area contributed by atoms with E-state index in [9.17, 15) is 0 Å². The summed E-state index contributed by atoms with van der Waals surface area (Å²) in [5.41, 5.74) is 8.59. The molecule has 0 spiro atoms. The maximum Gasteiger partial charge on any atom is 0.226 e. The number of hydrogen-bond donors (Lipinski definition) is 4. The van der Waals surface area contributed by atoms with Gasteiger partial charge in [0, 0.05) is 77.7 Å². The van der Waals surface area contributed by atoms with Crippen LogP contribution in [0.15, 0.2) is 30.3 Å². The van der Waals surface area contributed by atoms with E-state index in [4.69, 9.17) is 20.2 Å². The predicted octanol–water partition coefficient (Wildman–Crippen LogP) is 2.08. The molecule has 2 fully saturated rings. The van der Waals surface area contributed by atoms with Crippen LogP contribution in [0.4, 0.5) is 17.6 Å². The van der Waals surface area contributed by atoms with E-state index in [0.717, 1.165) is 104 Å². The van der Waals surface area contributed by atoms with Crippen LogP contribution in [0.5, 0.6) is 0 Å². The van der Waals surface area contributed by atoms with Gasteiger partial charge in [-0.2, -0.15) is 9.97 Å². The highest BCUT2D eigenvalue weighted by atomic mass is 16.5. The van der Waals surface area contributed by atoms with Crippen LogP contribution >= 0.6 is 0 Å². The maximum atomic E-state index is 6.12. The van der Waals surface area contributed by atoms with Crippen LogP contribution in [0.2, 0.25) is 0 Å². The Labute approximate surface area is 227 Å². The predicted molar refractivity (Wildman–Crippen MR) is 154 cm³/mol. The molecular formula is C28H46N8O2. The molecule has 1 aromatic heterocycles. The smallest absolute Gasteiger partial charge is 0.226 e. The van der Waals surface area contributed by atoms with Gasteiger partial charge in [0.05, 0.1) is 6.61 Å². The minimum absolute atomic E-state index is 0.487. The number of nitrogens with zero attached hydrogens (tertiary/aromatic N) is 4. The second-order valence-electron chi connectivity index (χ2n) is 10.0. The van der Waals surface area contributed by atoms with E-state index in [1.807, 2.05) is 13.0 Å². The van der Waals surface area contributed by atoms with E-state index in [-0.39, 0.29) is 0 Å². The molecule has 4 rings (SSSR count). The van der Waals surface area contributed by atoms with Gasteiger partial charge in [-0.3, -0.25) is 4.90 Å². The molecule has 10 heteroatoms. The Morgan fingerprint density at radius 1 is 1.00 bits per heavy atom. The molecule has 0 unspecified atom stereocenters. The van der Waals surface area contributed by atoms with Gasteiger partial charge >= 0.3 is 0 Å². The van der Waals surface area contributed by atoms with Crippen LogP contribution in [0, 0.1) is 0 Å². The molecule has 3 heterocycles. The first-order valence-electron chi connectivity index (χ1n) is 14.2. The van der Waals surface area contributed by atoms with Gasteiger partial charge in [0.25, 0.3) is 0 Å². The minimum atomic E-state index is 0.487. The minimum Gasteiger partial charge on any atom is -0.383 e. The summed E-state index contributed by atoms with van der Waals surface area (Å²) in [6.45, 7) is 13.8. The fraction of sp³-hybridized carbons (Fsp3) is 0.643. The lowest BCUT2D eigenvalue weighted by atomic mass is 10.1. The molecule has 210 valence electrons. The van der Waals surface area contributed by atoms with E-state index in [0.29, 0.717) is 24.4 Å². The first kappa shape index (κ1) is 28.5. The zero-order valence-corrected chi connectivity index (χ0v) is 23.0. The molecule has 38 heavy (non-hydrogen) atoms. The first-order valence-corrected chi connectivity index (χ1v) is 14.2. The van der Waals surface area contributed by atoms with Crippen LogP contribution in [0.3, 0.4) is 0 Å². The molecular weight excluding hydrogens is 480 g/mol. The zero-order valence-electron chi connectivity index (χ0n) is 23.0. The molecule has 1 aromatic carbocycles. The molecule has 2 aliphatic rings. The molecule has 5 N–H and O–H groups in total. The summed E-state index contributed by atoms with van der Waals surface area (Å²) in [7, 11) is 0. The standard InChI is InChI=1S/C28H46N8O2/c1-2-37-19-16-35-12-14-36(15-13-35)27-20-26(29)33-28(34-27)32-22-24-6-4-23(5-7-24)21-30-10-3-11-31-25-8-17-38-18-9-25/h4-7,20,25,30-31H,2-3,8-19,21-22H2,1H3,(H3,29,32,33,34). The number of aromatic nitrogens is 2. The number of nitrogen functional groups attached to an aromatic ring is 1. The van der Waals surface area contributed by atoms with Gasteiger partial charge in [-0.15, -0.1) is 0 Å². The third kappa shape index (κ3) is 9.67. The fourth-order valence-electron chi connectivity index (χ4n) is 4.84. The molecule has 2 aromatic rings. The highest BCUT2D eigenvalue weighted by Crippen LogP contribution is 2.19. The average molecular weight is 527 g/mol. The lowest BCUT2D eigenvalue weighted by Gasteiger charge is -2.35. The summed E-state index contributed by atoms with van der Waals surface area (Å²) in [6.07, 6.45) is 3.39. The van der Waals surface area contributed by atoms with Crippen molar-refractivity contribution in [2.75, 3.05) is 88.2 Å². The number of nitrogens with two attached hydrogens (primary N) is 1. The van der Waals surface area contributed by atoms with Gasteiger partial charge in [-0.05, 0) is 50.4 Å². The third-order valence-electron chi connectivity index (χ3n) is 7.17. The van der Waals surface area contributed by atoms with E-state index >= 15 is 0 Å². The highest BCUT2D eigenvalue weighted by Gasteiger charge is 2.19. The van der Waals surface area contributed by atoms with E-state index in [1.54, 1.807) is 0 Å². The lowest BCUT2D eigenvalue weighted by molar-refractivity contribution is 0.0780. The fourth-order valence-corrected chi connectivity index (χ4v) is 4.84. The monoisotopic (exact) mass is 526 g/mol. The van der Waals surface area contributed by atoms with Crippen molar-refractivity contribution in [3.63, 3.8) is 0 Å². The topological polar surface area (TPSA) is 113 Å². The molecule has 0 saturated carbocycles. The molecule has 0 aliphatic carbocycles. The number of rotatable bonds is 15. The van der Waals surface area contributed by atoms with Gasteiger partial charge in [0.2, 0.25) is 5.95 Å². The largest absolute Gasteiger partial charge is 0.383 e. The molecule has 0 bridgehead atoms. The normalized spacial score (nSPS) is 17.1. The van der Waals surface area contributed by atoms with Crippen LogP contribution in [0.1, 0.15) is 37.3 Å². The average Bonchev–Trinajstić information content (AvgIpc) is 2.95. The van der Waals surface area contributed by atoms with Gasteiger partial charge < -0.3 is 36.1 Å². The number of ether oxygens (including phenoxy) is 2. The van der Waals surface area contributed by atoms with Crippen LogP contribution in [-0.4, -0.2) is 93.2 Å². The summed E-state index contributed by atoms with van der Waals surface area (Å²) in [5.74, 6) is 1.94. The van der Waals surface area contributed by atoms with Crippen molar-refractivity contribution in [2.45, 2.75) is 45.3 Å². The SMILES string of the molecule is CCOCCN1CCN(c2cc(N)nc(NCc3ccc(CNCCCNC4CCOCC4)cc3)n2)CC1. The van der Waals surface area contributed by atoms with Crippen molar-refractivity contribution in [1.82, 2.24) is 25.5 Å². The molecule has 0 radical (unpaired) electrons. The first-order chi connectivity index (χ1) is 18.7. The summed E-state index contributed by atoms with van der Waals surface area (Å²) < 4.78 is 10.9. The van der Waals surface area contributed by atoms with Gasteiger partial charge in [0.1, 0.15) is 11.6 Å². The van der Waals surface area contributed by atoms with Gasteiger partial charge in [0.15, 0.2) is 0 Å². The summed E-state index contributed by atoms with van der Waals surface area (Å²) >= 11 is 0. The summed E-state index contributed by atoms with van der Waals surface area (Å²) in [5, 5.41) is 10.5. The van der Waals surface area contributed by atoms with Gasteiger partial charge in [-0.1, -0.05) is 24.3 Å². The number of nitrogens with one attached hydrogen (secondary N) is 3. The Morgan fingerprint density at radius 3 is 2.47 bits per heavy atom. The lowest BCUT2D eigenvalue weighted by Crippen LogP contribution is -2.47. The second-order valence-corrected chi connectivity index (χ2v) is 10.0. The maximum absolute atomic E-state index is 6.12. The third-order valence-corrected chi connectivity index (χ3v) is 7.17. The number of piperazine rings is 1. The van der Waals surface area contributed by atoms with E-state index in [1.165, 1.54) is 11.1 Å². The van der Waals surface area contributed by atoms with Crippen molar-refractivity contribution in [1.29, 1.82) is 0 Å². The Hall–Kier alpha value is -2.50. The summed E-state index contributed by atoms with van der Waals surface area (Å²) in [6, 6.07) is 11.2. The van der Waals surface area contributed by atoms with Crippen molar-refractivity contribution >= 4 is 17.6 Å². The molecule has 2 saturated heterocycles. The van der Waals surface area contributed by atoms with Crippen molar-refractivity contribution < 1.29 is 9.47 Å². The van der Waals surface area contributed by atoms with Crippen LogP contribution in [0.25, 0.3) is 0 Å². The Kier molecular flexibility index (Phi) is 11.9. The van der Waals surface area contributed by atoms with Crippen molar-refractivity contribution in [2.24, 2.45) is 0 Å². The second kappa shape index (κ2) is 15.8. The van der Waals surface area contributed by atoms with Crippen molar-refractivity contribution in [3.05, 3.63) is 41.5 Å². The Bertz CT molecular complexity index is 931. The molecule has 10 nitrogen and oxygen atoms in total. The van der Waals surface area contributed by atoms with Crippen LogP contribution in [-0.2, 0) is 22.6 Å². The molecule has 0 amide bonds. The van der Waals surface area contributed by atoms with Crippen LogP contribution < -0.4 is 26.6 Å². The quantitative estimate of drug-likeness (QED) is 0.257. The summed E-state index contributed by atoms with van der Waals surface area (Å²) in [4.78, 5) is 13.9. The molecule has 2 aliphatic heterocycles. The van der Waals surface area contributed by atoms with Gasteiger partial charge in [-0.25, -0.2) is 0 Å². The molecule has 0 atom stereocenters. The number of hydrogen-bond acceptors (Lipinski definition) is 10. The zero-order chi connectivity index (χ0) is 26.4. The number of anilines is 3. The Morgan fingerprint density at radius 2 is 1.74 bits per heavy atom. The van der Waals surface area contributed by atoms with Crippen molar-refractivity contribution in [3.8, 4) is 0 Å². The highest BCUT2D eigenvalue weighted by molar-refractivity contribution is 5.52. The van der Waals surface area contributed by atoms with E-state index < -0.39 is 0 Å². The number of benzene rings is 1. The van der Waals surface area contributed by atoms with E-state index in [2.05, 4.69) is 55.0 Å².